The maximum absolute atomic E-state index is 11.8. The predicted molar refractivity (Wildman–Crippen MR) is 123 cm³/mol. The van der Waals surface area contributed by atoms with Crippen LogP contribution in [0.4, 0.5) is 5.82 Å². The van der Waals surface area contributed by atoms with Gasteiger partial charge in [-0.2, -0.15) is 4.98 Å². The average molecular weight is 431 g/mol. The Labute approximate surface area is 184 Å². The molecule has 0 bridgehead atoms. The number of fused-ring (bicyclic) bond motifs is 1. The molecule has 9 nitrogen and oxygen atoms in total. The molecule has 0 aliphatic heterocycles. The number of ether oxygens (including phenoxy) is 1. The molecule has 2 aromatic carbocycles. The molecule has 0 saturated carbocycles. The average Bonchev–Trinajstić information content (AvgIpc) is 3.13. The van der Waals surface area contributed by atoms with E-state index in [1.54, 1.807) is 36.4 Å². The first-order chi connectivity index (χ1) is 15.4. The molecule has 0 saturated heterocycles. The summed E-state index contributed by atoms with van der Waals surface area (Å²) in [5, 5.41) is 23.5. The van der Waals surface area contributed by atoms with Crippen LogP contribution >= 0.6 is 0 Å². The summed E-state index contributed by atoms with van der Waals surface area (Å²) in [5.74, 6) is 0.821. The largest absolute Gasteiger partial charge is 0.488 e. The highest BCUT2D eigenvalue weighted by molar-refractivity contribution is 6.58. The van der Waals surface area contributed by atoms with E-state index in [0.717, 1.165) is 22.0 Å². The molecule has 0 fully saturated rings. The Morgan fingerprint density at radius 3 is 2.66 bits per heavy atom. The van der Waals surface area contributed by atoms with Crippen molar-refractivity contribution in [2.45, 2.75) is 6.54 Å². The number of nitrogens with one attached hydrogen (secondary N) is 1. The zero-order chi connectivity index (χ0) is 22.8. The summed E-state index contributed by atoms with van der Waals surface area (Å²) in [6.45, 7) is 0.403. The number of amides is 1. The van der Waals surface area contributed by atoms with Crippen molar-refractivity contribution in [3.63, 3.8) is 0 Å². The van der Waals surface area contributed by atoms with E-state index in [1.165, 1.54) is 7.11 Å². The SMILES string of the molecule is COc1cc(NCc2cccc(B(O)O)c2)nc(-c2c3cccc(C(N)=O)c3cn2C)n1. The zero-order valence-corrected chi connectivity index (χ0v) is 17.6. The van der Waals surface area contributed by atoms with Gasteiger partial charge >= 0.3 is 7.12 Å². The number of methoxy groups -OCH3 is 1. The van der Waals surface area contributed by atoms with Gasteiger partial charge in [0.1, 0.15) is 5.82 Å². The van der Waals surface area contributed by atoms with E-state index >= 15 is 0 Å². The molecule has 4 rings (SSSR count). The number of hydrogen-bond donors (Lipinski definition) is 4. The molecule has 0 radical (unpaired) electrons. The Balaban J connectivity index is 1.72. The second kappa shape index (κ2) is 8.70. The second-order valence-electron chi connectivity index (χ2n) is 7.31. The maximum atomic E-state index is 11.8. The van der Waals surface area contributed by atoms with Gasteiger partial charge in [-0.15, -0.1) is 0 Å². The number of anilines is 1. The second-order valence-corrected chi connectivity index (χ2v) is 7.31. The van der Waals surface area contributed by atoms with Crippen LogP contribution in [0.15, 0.2) is 54.7 Å². The van der Waals surface area contributed by atoms with Gasteiger partial charge in [0.2, 0.25) is 11.8 Å². The minimum atomic E-state index is -1.53. The van der Waals surface area contributed by atoms with E-state index in [4.69, 9.17) is 10.5 Å². The molecular weight excluding hydrogens is 409 g/mol. The number of hydrogen-bond acceptors (Lipinski definition) is 7. The highest BCUT2D eigenvalue weighted by atomic mass is 16.5. The fourth-order valence-electron chi connectivity index (χ4n) is 3.63. The Morgan fingerprint density at radius 1 is 1.16 bits per heavy atom. The summed E-state index contributed by atoms with van der Waals surface area (Å²) in [7, 11) is 1.84. The fourth-order valence-corrected chi connectivity index (χ4v) is 3.63. The molecule has 1 amide bonds. The Morgan fingerprint density at radius 2 is 1.94 bits per heavy atom. The van der Waals surface area contributed by atoms with Crippen molar-refractivity contribution in [3.8, 4) is 17.4 Å². The third-order valence-electron chi connectivity index (χ3n) is 5.15. The standard InChI is InChI=1S/C22H22BN5O4/c1-28-12-17-15(7-4-8-16(17)21(24)29)20(28)22-26-18(10-19(27-22)32-2)25-11-13-5-3-6-14(9-13)23(30)31/h3-10,12,30-31H,11H2,1-2H3,(H2,24,29)(H,25,26,27). The van der Waals surface area contributed by atoms with E-state index in [1.807, 2.05) is 29.9 Å². The normalized spacial score (nSPS) is 10.9. The number of carbonyl (C=O) groups excluding carboxylic acids is 1. The maximum Gasteiger partial charge on any atom is 0.488 e. The molecular formula is C22H22BN5O4. The Hall–Kier alpha value is -3.89. The van der Waals surface area contributed by atoms with Crippen LogP contribution in [-0.4, -0.2) is 44.7 Å². The van der Waals surface area contributed by atoms with E-state index in [2.05, 4.69) is 15.3 Å². The molecule has 4 aromatic rings. The molecule has 0 atom stereocenters. The Bertz CT molecular complexity index is 1300. The lowest BCUT2D eigenvalue weighted by Gasteiger charge is -2.11. The number of nitrogens with two attached hydrogens (primary N) is 1. The zero-order valence-electron chi connectivity index (χ0n) is 17.6. The smallest absolute Gasteiger partial charge is 0.481 e. The summed E-state index contributed by atoms with van der Waals surface area (Å²) < 4.78 is 7.22. The lowest BCUT2D eigenvalue weighted by atomic mass is 9.80. The Kier molecular flexibility index (Phi) is 5.80. The molecule has 5 N–H and O–H groups in total. The van der Waals surface area contributed by atoms with Crippen molar-refractivity contribution in [2.24, 2.45) is 12.8 Å². The van der Waals surface area contributed by atoms with Gasteiger partial charge in [0.15, 0.2) is 5.82 Å². The third kappa shape index (κ3) is 4.14. The topological polar surface area (TPSA) is 136 Å². The van der Waals surface area contributed by atoms with Crippen LogP contribution in [0.5, 0.6) is 5.88 Å². The third-order valence-corrected chi connectivity index (χ3v) is 5.15. The van der Waals surface area contributed by atoms with Crippen LogP contribution in [0.25, 0.3) is 22.3 Å². The summed E-state index contributed by atoms with van der Waals surface area (Å²) >= 11 is 0. The number of benzene rings is 2. The highest BCUT2D eigenvalue weighted by Gasteiger charge is 2.18. The quantitative estimate of drug-likeness (QED) is 0.321. The van der Waals surface area contributed by atoms with Crippen LogP contribution in [0.1, 0.15) is 15.9 Å². The van der Waals surface area contributed by atoms with E-state index in [9.17, 15) is 14.8 Å². The molecule has 0 aliphatic rings. The highest BCUT2D eigenvalue weighted by Crippen LogP contribution is 2.31. The van der Waals surface area contributed by atoms with Crippen molar-refractivity contribution >= 4 is 35.1 Å². The number of carbonyl (C=O) groups is 1. The van der Waals surface area contributed by atoms with Gasteiger partial charge in [-0.1, -0.05) is 36.4 Å². The van der Waals surface area contributed by atoms with Gasteiger partial charge in [0.05, 0.1) is 12.8 Å². The monoisotopic (exact) mass is 431 g/mol. The molecule has 2 heterocycles. The van der Waals surface area contributed by atoms with Crippen molar-refractivity contribution < 1.29 is 19.6 Å². The van der Waals surface area contributed by atoms with E-state index < -0.39 is 13.0 Å². The first kappa shape index (κ1) is 21.4. The van der Waals surface area contributed by atoms with Gasteiger partial charge < -0.3 is 30.4 Å². The van der Waals surface area contributed by atoms with Crippen LogP contribution in [-0.2, 0) is 13.6 Å². The minimum absolute atomic E-state index is 0.373. The molecule has 10 heteroatoms. The molecule has 0 unspecified atom stereocenters. The number of rotatable bonds is 7. The van der Waals surface area contributed by atoms with Crippen LogP contribution in [0.2, 0.25) is 0 Å². The van der Waals surface area contributed by atoms with Crippen molar-refractivity contribution in [1.82, 2.24) is 14.5 Å². The van der Waals surface area contributed by atoms with Crippen LogP contribution in [0.3, 0.4) is 0 Å². The number of primary amides is 1. The van der Waals surface area contributed by atoms with Crippen molar-refractivity contribution in [1.29, 1.82) is 0 Å². The van der Waals surface area contributed by atoms with Crippen LogP contribution < -0.4 is 21.3 Å². The summed E-state index contributed by atoms with van der Waals surface area (Å²) in [6, 6.07) is 14.0. The lowest BCUT2D eigenvalue weighted by molar-refractivity contribution is 0.100. The van der Waals surface area contributed by atoms with Gasteiger partial charge in [-0.25, -0.2) is 4.98 Å². The van der Waals surface area contributed by atoms with E-state index in [-0.39, 0.29) is 0 Å². The van der Waals surface area contributed by atoms with Crippen LogP contribution in [0, 0.1) is 0 Å². The van der Waals surface area contributed by atoms with Gasteiger partial charge in [-0.05, 0) is 17.1 Å². The first-order valence-electron chi connectivity index (χ1n) is 9.87. The minimum Gasteiger partial charge on any atom is -0.481 e. The van der Waals surface area contributed by atoms with Gasteiger partial charge in [-0.3, -0.25) is 4.79 Å². The number of aromatic nitrogens is 3. The summed E-state index contributed by atoms with van der Waals surface area (Å²) in [4.78, 5) is 21.0. The molecule has 2 aromatic heterocycles. The summed E-state index contributed by atoms with van der Waals surface area (Å²) in [5.41, 5.74) is 7.94. The van der Waals surface area contributed by atoms with Gasteiger partial charge in [0, 0.05) is 42.2 Å². The molecule has 0 aliphatic carbocycles. The molecule has 32 heavy (non-hydrogen) atoms. The fraction of sp³-hybridized carbons (Fsp3) is 0.136. The van der Waals surface area contributed by atoms with Gasteiger partial charge in [0.25, 0.3) is 0 Å². The van der Waals surface area contributed by atoms with Crippen molar-refractivity contribution in [2.75, 3.05) is 12.4 Å². The predicted octanol–water partition coefficient (Wildman–Crippen LogP) is 1.03. The first-order valence-corrected chi connectivity index (χ1v) is 9.87. The number of nitrogens with zero attached hydrogens (tertiary/aromatic N) is 3. The van der Waals surface area contributed by atoms with E-state index in [0.29, 0.717) is 35.1 Å². The number of aryl methyl sites for hydroxylation is 1. The molecule has 162 valence electrons. The lowest BCUT2D eigenvalue weighted by Crippen LogP contribution is -2.30. The molecule has 0 spiro atoms. The van der Waals surface area contributed by atoms with Crippen molar-refractivity contribution in [3.05, 3.63) is 65.9 Å². The summed E-state index contributed by atoms with van der Waals surface area (Å²) in [6.07, 6.45) is 1.83.